The van der Waals surface area contributed by atoms with Crippen LogP contribution in [0, 0.1) is 0 Å². The van der Waals surface area contributed by atoms with E-state index in [1.807, 2.05) is 24.3 Å². The standard InChI is InChI=1S/C11H7Cl2N5/c12-8-9(13)18-10(14)7(17-8)11-15-5-3-1-2-4-6(5)16-11/h1-4H,(H2,14,18)(H,15,16). The van der Waals surface area contributed by atoms with Crippen LogP contribution in [-0.4, -0.2) is 19.9 Å². The van der Waals surface area contributed by atoms with Gasteiger partial charge < -0.3 is 10.7 Å². The zero-order valence-corrected chi connectivity index (χ0v) is 10.5. The number of fused-ring (bicyclic) bond motifs is 1. The number of imidazole rings is 1. The summed E-state index contributed by atoms with van der Waals surface area (Å²) in [5, 5.41) is 0.176. The first-order valence-electron chi connectivity index (χ1n) is 5.09. The van der Waals surface area contributed by atoms with E-state index >= 15 is 0 Å². The Morgan fingerprint density at radius 2 is 1.72 bits per heavy atom. The number of nitrogens with one attached hydrogen (secondary N) is 1. The highest BCUT2D eigenvalue weighted by Crippen LogP contribution is 2.27. The van der Waals surface area contributed by atoms with Gasteiger partial charge in [0.15, 0.2) is 21.9 Å². The first-order valence-corrected chi connectivity index (χ1v) is 5.84. The number of nitrogens with zero attached hydrogens (tertiary/aromatic N) is 3. The van der Waals surface area contributed by atoms with E-state index in [0.717, 1.165) is 11.0 Å². The van der Waals surface area contributed by atoms with E-state index in [1.54, 1.807) is 0 Å². The van der Waals surface area contributed by atoms with Crippen LogP contribution >= 0.6 is 23.2 Å². The van der Waals surface area contributed by atoms with E-state index < -0.39 is 0 Å². The predicted octanol–water partition coefficient (Wildman–Crippen LogP) is 2.91. The number of nitrogen functional groups attached to an aromatic ring is 1. The molecule has 0 atom stereocenters. The Balaban J connectivity index is 2.22. The highest BCUT2D eigenvalue weighted by Gasteiger charge is 2.14. The van der Waals surface area contributed by atoms with Gasteiger partial charge in [-0.25, -0.2) is 15.0 Å². The molecule has 5 nitrogen and oxygen atoms in total. The third-order valence-corrected chi connectivity index (χ3v) is 3.08. The van der Waals surface area contributed by atoms with Crippen molar-refractivity contribution < 1.29 is 0 Å². The molecule has 0 aliphatic carbocycles. The molecule has 18 heavy (non-hydrogen) atoms. The Kier molecular flexibility index (Phi) is 2.57. The second-order valence-electron chi connectivity index (χ2n) is 3.64. The number of hydrogen-bond acceptors (Lipinski definition) is 4. The zero-order valence-electron chi connectivity index (χ0n) is 8.98. The van der Waals surface area contributed by atoms with Gasteiger partial charge in [-0.1, -0.05) is 35.3 Å². The first-order chi connectivity index (χ1) is 8.65. The molecule has 0 bridgehead atoms. The fraction of sp³-hybridized carbons (Fsp3) is 0. The maximum absolute atomic E-state index is 5.83. The maximum Gasteiger partial charge on any atom is 0.168 e. The molecule has 3 aromatic rings. The fourth-order valence-corrected chi connectivity index (χ4v) is 1.91. The Morgan fingerprint density at radius 3 is 2.50 bits per heavy atom. The number of nitrogens with two attached hydrogens (primary N) is 1. The van der Waals surface area contributed by atoms with E-state index in [4.69, 9.17) is 28.9 Å². The van der Waals surface area contributed by atoms with Crippen LogP contribution in [0.2, 0.25) is 10.3 Å². The highest BCUT2D eigenvalue weighted by molar-refractivity contribution is 6.40. The number of aromatic nitrogens is 4. The van der Waals surface area contributed by atoms with Crippen molar-refractivity contribution in [3.63, 3.8) is 0 Å². The van der Waals surface area contributed by atoms with Gasteiger partial charge in [-0.05, 0) is 12.1 Å². The van der Waals surface area contributed by atoms with Crippen molar-refractivity contribution in [3.8, 4) is 11.5 Å². The molecule has 0 saturated heterocycles. The lowest BCUT2D eigenvalue weighted by Gasteiger charge is -2.02. The van der Waals surface area contributed by atoms with Crippen LogP contribution < -0.4 is 5.73 Å². The van der Waals surface area contributed by atoms with Crippen molar-refractivity contribution in [1.29, 1.82) is 0 Å². The van der Waals surface area contributed by atoms with Crippen LogP contribution in [0.1, 0.15) is 0 Å². The molecule has 0 saturated carbocycles. The molecule has 0 fully saturated rings. The highest BCUT2D eigenvalue weighted by atomic mass is 35.5. The van der Waals surface area contributed by atoms with Gasteiger partial charge in [-0.2, -0.15) is 0 Å². The van der Waals surface area contributed by atoms with Gasteiger partial charge in [0.05, 0.1) is 11.0 Å². The number of hydrogen-bond donors (Lipinski definition) is 2. The second-order valence-corrected chi connectivity index (χ2v) is 4.36. The minimum atomic E-state index is 0.0778. The number of rotatable bonds is 1. The molecule has 0 aliphatic heterocycles. The van der Waals surface area contributed by atoms with Crippen LogP contribution in [0.4, 0.5) is 5.82 Å². The van der Waals surface area contributed by atoms with Crippen LogP contribution in [0.3, 0.4) is 0 Å². The van der Waals surface area contributed by atoms with E-state index in [0.29, 0.717) is 11.5 Å². The Morgan fingerprint density at radius 1 is 1.00 bits per heavy atom. The van der Waals surface area contributed by atoms with E-state index in [2.05, 4.69) is 19.9 Å². The Labute approximate surface area is 112 Å². The molecule has 0 spiro atoms. The first kappa shape index (κ1) is 11.3. The smallest absolute Gasteiger partial charge is 0.168 e. The summed E-state index contributed by atoms with van der Waals surface area (Å²) in [6.07, 6.45) is 0. The normalized spacial score (nSPS) is 11.0. The van der Waals surface area contributed by atoms with Gasteiger partial charge in [-0.15, -0.1) is 0 Å². The van der Waals surface area contributed by atoms with Gasteiger partial charge >= 0.3 is 0 Å². The summed E-state index contributed by atoms with van der Waals surface area (Å²) in [5.74, 6) is 0.697. The number of anilines is 1. The van der Waals surface area contributed by atoms with E-state index in [9.17, 15) is 0 Å². The molecule has 1 aromatic carbocycles. The summed E-state index contributed by atoms with van der Waals surface area (Å²) in [7, 11) is 0. The summed E-state index contributed by atoms with van der Waals surface area (Å²) in [4.78, 5) is 15.5. The van der Waals surface area contributed by atoms with Gasteiger partial charge in [0.1, 0.15) is 5.69 Å². The SMILES string of the molecule is Nc1nc(Cl)c(Cl)nc1-c1nc2ccccc2[nH]1. The number of H-pyrrole nitrogens is 1. The van der Waals surface area contributed by atoms with Crippen molar-refractivity contribution in [3.05, 3.63) is 34.6 Å². The number of para-hydroxylation sites is 2. The third kappa shape index (κ3) is 1.77. The van der Waals surface area contributed by atoms with Gasteiger partial charge in [-0.3, -0.25) is 0 Å². The third-order valence-electron chi connectivity index (χ3n) is 2.46. The monoisotopic (exact) mass is 279 g/mol. The van der Waals surface area contributed by atoms with Gasteiger partial charge in [0.25, 0.3) is 0 Å². The van der Waals surface area contributed by atoms with E-state index in [-0.39, 0.29) is 16.1 Å². The maximum atomic E-state index is 5.83. The molecular formula is C11H7Cl2N5. The molecule has 7 heteroatoms. The Hall–Kier alpha value is -1.85. The minimum absolute atomic E-state index is 0.0778. The van der Waals surface area contributed by atoms with Crippen molar-refractivity contribution in [2.45, 2.75) is 0 Å². The van der Waals surface area contributed by atoms with Crippen LogP contribution in [0.15, 0.2) is 24.3 Å². The number of halogens is 2. The zero-order chi connectivity index (χ0) is 12.7. The van der Waals surface area contributed by atoms with Crippen molar-refractivity contribution >= 4 is 40.1 Å². The van der Waals surface area contributed by atoms with Gasteiger partial charge in [0, 0.05) is 0 Å². The molecule has 2 heterocycles. The number of benzene rings is 1. The van der Waals surface area contributed by atoms with Crippen LogP contribution in [0.25, 0.3) is 22.6 Å². The molecule has 0 aliphatic rings. The fourth-order valence-electron chi connectivity index (χ4n) is 1.65. The quantitative estimate of drug-likeness (QED) is 0.718. The van der Waals surface area contributed by atoms with Crippen molar-refractivity contribution in [2.75, 3.05) is 5.73 Å². The summed E-state index contributed by atoms with van der Waals surface area (Å²) in [6.45, 7) is 0. The molecule has 0 radical (unpaired) electrons. The van der Waals surface area contributed by atoms with Gasteiger partial charge in [0.2, 0.25) is 0 Å². The van der Waals surface area contributed by atoms with E-state index in [1.165, 1.54) is 0 Å². The lowest BCUT2D eigenvalue weighted by atomic mass is 10.3. The summed E-state index contributed by atoms with van der Waals surface area (Å²) in [5.41, 5.74) is 7.86. The molecule has 2 aromatic heterocycles. The average Bonchev–Trinajstić information content (AvgIpc) is 2.77. The second kappa shape index (κ2) is 4.12. The van der Waals surface area contributed by atoms with Crippen molar-refractivity contribution in [1.82, 2.24) is 19.9 Å². The average molecular weight is 280 g/mol. The van der Waals surface area contributed by atoms with Crippen LogP contribution in [-0.2, 0) is 0 Å². The largest absolute Gasteiger partial charge is 0.382 e. The summed E-state index contributed by atoms with van der Waals surface area (Å²) in [6, 6.07) is 7.61. The molecular weight excluding hydrogens is 273 g/mol. The summed E-state index contributed by atoms with van der Waals surface area (Å²) < 4.78 is 0. The lowest BCUT2D eigenvalue weighted by molar-refractivity contribution is 1.17. The molecule has 3 rings (SSSR count). The van der Waals surface area contributed by atoms with Crippen molar-refractivity contribution in [2.24, 2.45) is 0 Å². The molecule has 3 N–H and O–H groups in total. The molecule has 0 unspecified atom stereocenters. The number of aromatic amines is 1. The topological polar surface area (TPSA) is 80.5 Å². The summed E-state index contributed by atoms with van der Waals surface area (Å²) >= 11 is 11.6. The predicted molar refractivity (Wildman–Crippen MR) is 71.6 cm³/mol. The minimum Gasteiger partial charge on any atom is -0.382 e. The Bertz CT molecular complexity index is 704. The molecule has 90 valence electrons. The lowest BCUT2D eigenvalue weighted by Crippen LogP contribution is -1.99. The van der Waals surface area contributed by atoms with Crippen LogP contribution in [0.5, 0.6) is 0 Å². The molecule has 0 amide bonds.